The summed E-state index contributed by atoms with van der Waals surface area (Å²) < 4.78 is 5.31. The summed E-state index contributed by atoms with van der Waals surface area (Å²) in [5.74, 6) is -0.706. The number of nitrogens with zero attached hydrogens (tertiary/aromatic N) is 2. The second-order valence-electron chi connectivity index (χ2n) is 8.08. The van der Waals surface area contributed by atoms with E-state index in [0.29, 0.717) is 18.8 Å². The molecule has 7 heteroatoms. The van der Waals surface area contributed by atoms with Gasteiger partial charge in [-0.15, -0.1) is 0 Å². The van der Waals surface area contributed by atoms with Crippen LogP contribution in [0.2, 0.25) is 0 Å². The number of aliphatic carboxylic acids is 1. The molecule has 1 atom stereocenters. The number of nitrogens with one attached hydrogen (secondary N) is 1. The number of carboxylic acid groups (broad SMARTS) is 1. The molecular weight excluding hydrogens is 394 g/mol. The van der Waals surface area contributed by atoms with Crippen LogP contribution in [0.15, 0.2) is 47.6 Å². The van der Waals surface area contributed by atoms with Gasteiger partial charge in [0.1, 0.15) is 0 Å². The highest BCUT2D eigenvalue weighted by Gasteiger charge is 2.21. The standard InChI is InChI=1S/C24H27N3O4/c28-23(29)14-18-3-6-21-15-22(8-7-20(21)13-18)26-24(30)19-4-1-17(2-5-19)16-25-27-9-11-31-12-10-27/h1-2,4-5,7-8,15-16,18H,3,6,9-14H2,(H,26,30)(H,28,29). The molecule has 1 saturated heterocycles. The van der Waals surface area contributed by atoms with Crippen molar-refractivity contribution < 1.29 is 19.4 Å². The molecule has 2 N–H and O–H groups in total. The van der Waals surface area contributed by atoms with Gasteiger partial charge in [-0.25, -0.2) is 0 Å². The number of aryl methyl sites for hydroxylation is 1. The number of hydrazone groups is 1. The summed E-state index contributed by atoms with van der Waals surface area (Å²) in [5, 5.41) is 18.4. The maximum absolute atomic E-state index is 12.6. The third-order valence-electron chi connectivity index (χ3n) is 5.79. The van der Waals surface area contributed by atoms with E-state index in [1.165, 1.54) is 11.1 Å². The van der Waals surface area contributed by atoms with Crippen molar-refractivity contribution in [2.24, 2.45) is 11.0 Å². The fraction of sp³-hybridized carbons (Fsp3) is 0.375. The molecule has 0 radical (unpaired) electrons. The number of carboxylic acids is 1. The Morgan fingerprint density at radius 1 is 1.13 bits per heavy atom. The van der Waals surface area contributed by atoms with Gasteiger partial charge in [-0.1, -0.05) is 18.2 Å². The van der Waals surface area contributed by atoms with E-state index < -0.39 is 5.97 Å². The molecule has 1 unspecified atom stereocenters. The van der Waals surface area contributed by atoms with Gasteiger partial charge in [0.25, 0.3) is 5.91 Å². The highest BCUT2D eigenvalue weighted by atomic mass is 16.5. The maximum Gasteiger partial charge on any atom is 0.303 e. The van der Waals surface area contributed by atoms with E-state index in [1.807, 2.05) is 35.3 Å². The van der Waals surface area contributed by atoms with Gasteiger partial charge in [-0.2, -0.15) is 5.10 Å². The van der Waals surface area contributed by atoms with Crippen LogP contribution >= 0.6 is 0 Å². The van der Waals surface area contributed by atoms with Crippen LogP contribution in [0.1, 0.15) is 39.9 Å². The fourth-order valence-corrected chi connectivity index (χ4v) is 4.07. The number of carbonyl (C=O) groups excluding carboxylic acids is 1. The predicted molar refractivity (Wildman–Crippen MR) is 119 cm³/mol. The fourth-order valence-electron chi connectivity index (χ4n) is 4.07. The smallest absolute Gasteiger partial charge is 0.303 e. The highest BCUT2D eigenvalue weighted by Crippen LogP contribution is 2.29. The summed E-state index contributed by atoms with van der Waals surface area (Å²) in [6.07, 6.45) is 4.50. The molecule has 162 valence electrons. The van der Waals surface area contributed by atoms with Gasteiger partial charge in [0.15, 0.2) is 0 Å². The Labute approximate surface area is 181 Å². The molecule has 4 rings (SSSR count). The van der Waals surface area contributed by atoms with Crippen molar-refractivity contribution in [3.8, 4) is 0 Å². The lowest BCUT2D eigenvalue weighted by atomic mass is 9.82. The first-order chi connectivity index (χ1) is 15.1. The van der Waals surface area contributed by atoms with Gasteiger partial charge in [-0.3, -0.25) is 14.6 Å². The zero-order chi connectivity index (χ0) is 21.6. The average Bonchev–Trinajstić information content (AvgIpc) is 2.78. The maximum atomic E-state index is 12.6. The molecule has 1 fully saturated rings. The lowest BCUT2D eigenvalue weighted by molar-refractivity contribution is -0.138. The van der Waals surface area contributed by atoms with E-state index in [1.54, 1.807) is 18.3 Å². The lowest BCUT2D eigenvalue weighted by Crippen LogP contribution is -2.32. The Morgan fingerprint density at radius 2 is 1.90 bits per heavy atom. The number of carbonyl (C=O) groups is 2. The van der Waals surface area contributed by atoms with Crippen LogP contribution in [0.25, 0.3) is 0 Å². The summed E-state index contributed by atoms with van der Waals surface area (Å²) in [7, 11) is 0. The molecule has 2 aromatic rings. The van der Waals surface area contributed by atoms with Crippen molar-refractivity contribution in [3.05, 3.63) is 64.7 Å². The van der Waals surface area contributed by atoms with E-state index in [2.05, 4.69) is 10.4 Å². The van der Waals surface area contributed by atoms with E-state index in [9.17, 15) is 9.59 Å². The molecule has 0 saturated carbocycles. The molecule has 31 heavy (non-hydrogen) atoms. The van der Waals surface area contributed by atoms with Gasteiger partial charge >= 0.3 is 5.97 Å². The topological polar surface area (TPSA) is 91.2 Å². The second kappa shape index (κ2) is 9.75. The highest BCUT2D eigenvalue weighted by molar-refractivity contribution is 6.04. The second-order valence-corrected chi connectivity index (χ2v) is 8.08. The van der Waals surface area contributed by atoms with Crippen molar-refractivity contribution in [1.82, 2.24) is 5.01 Å². The zero-order valence-electron chi connectivity index (χ0n) is 17.4. The Hall–Kier alpha value is -3.19. The van der Waals surface area contributed by atoms with Crippen molar-refractivity contribution >= 4 is 23.8 Å². The molecular formula is C24H27N3O4. The number of amides is 1. The summed E-state index contributed by atoms with van der Waals surface area (Å²) in [5.41, 5.74) is 4.66. The van der Waals surface area contributed by atoms with Crippen molar-refractivity contribution in [2.45, 2.75) is 25.7 Å². The minimum Gasteiger partial charge on any atom is -0.481 e. The molecule has 1 aliphatic carbocycles. The number of anilines is 1. The summed E-state index contributed by atoms with van der Waals surface area (Å²) in [6.45, 7) is 2.97. The Morgan fingerprint density at radius 3 is 2.65 bits per heavy atom. The van der Waals surface area contributed by atoms with Gasteiger partial charge < -0.3 is 15.2 Å². The summed E-state index contributed by atoms with van der Waals surface area (Å²) >= 11 is 0. The van der Waals surface area contributed by atoms with E-state index in [4.69, 9.17) is 9.84 Å². The third kappa shape index (κ3) is 5.70. The van der Waals surface area contributed by atoms with Gasteiger partial charge in [0.2, 0.25) is 0 Å². The van der Waals surface area contributed by atoms with E-state index in [-0.39, 0.29) is 18.2 Å². The van der Waals surface area contributed by atoms with E-state index in [0.717, 1.165) is 43.6 Å². The molecule has 2 aromatic carbocycles. The number of hydrogen-bond acceptors (Lipinski definition) is 5. The molecule has 0 bridgehead atoms. The Bertz CT molecular complexity index is 965. The first-order valence-electron chi connectivity index (χ1n) is 10.7. The zero-order valence-corrected chi connectivity index (χ0v) is 17.4. The van der Waals surface area contributed by atoms with Crippen molar-refractivity contribution in [1.29, 1.82) is 0 Å². The molecule has 1 aliphatic heterocycles. The van der Waals surface area contributed by atoms with Crippen LogP contribution in [-0.2, 0) is 22.4 Å². The van der Waals surface area contributed by atoms with Crippen LogP contribution in [0.5, 0.6) is 0 Å². The number of fused-ring (bicyclic) bond motifs is 1. The molecule has 2 aliphatic rings. The van der Waals surface area contributed by atoms with Gasteiger partial charge in [-0.05, 0) is 66.1 Å². The molecule has 0 spiro atoms. The number of ether oxygens (including phenoxy) is 1. The molecule has 1 heterocycles. The largest absolute Gasteiger partial charge is 0.481 e. The monoisotopic (exact) mass is 421 g/mol. The van der Waals surface area contributed by atoms with Crippen LogP contribution in [0, 0.1) is 5.92 Å². The Kier molecular flexibility index (Phi) is 6.62. The predicted octanol–water partition coefficient (Wildman–Crippen LogP) is 3.18. The first kappa shape index (κ1) is 21.1. The van der Waals surface area contributed by atoms with Crippen LogP contribution in [-0.4, -0.2) is 54.5 Å². The Balaban J connectivity index is 1.35. The minimum atomic E-state index is -0.740. The van der Waals surface area contributed by atoms with Crippen LogP contribution < -0.4 is 5.32 Å². The third-order valence-corrected chi connectivity index (χ3v) is 5.79. The SMILES string of the molecule is O=C(O)CC1CCc2cc(NC(=O)c3ccc(C=NN4CCOCC4)cc3)ccc2C1. The first-order valence-corrected chi connectivity index (χ1v) is 10.7. The average molecular weight is 421 g/mol. The number of hydrogen-bond donors (Lipinski definition) is 2. The van der Waals surface area contributed by atoms with Crippen LogP contribution in [0.4, 0.5) is 5.69 Å². The van der Waals surface area contributed by atoms with Gasteiger partial charge in [0, 0.05) is 17.7 Å². The number of morpholine rings is 1. The molecule has 7 nitrogen and oxygen atoms in total. The molecule has 0 aromatic heterocycles. The molecule has 1 amide bonds. The summed E-state index contributed by atoms with van der Waals surface area (Å²) in [6, 6.07) is 13.3. The normalized spacial score (nSPS) is 18.6. The summed E-state index contributed by atoms with van der Waals surface area (Å²) in [4.78, 5) is 23.6. The van der Waals surface area contributed by atoms with Crippen molar-refractivity contribution in [3.63, 3.8) is 0 Å². The lowest BCUT2D eigenvalue weighted by Gasteiger charge is -2.24. The minimum absolute atomic E-state index is 0.156. The number of benzene rings is 2. The van der Waals surface area contributed by atoms with E-state index >= 15 is 0 Å². The van der Waals surface area contributed by atoms with Crippen molar-refractivity contribution in [2.75, 3.05) is 31.6 Å². The van der Waals surface area contributed by atoms with Crippen LogP contribution in [0.3, 0.4) is 0 Å². The quantitative estimate of drug-likeness (QED) is 0.699. The van der Waals surface area contributed by atoms with Gasteiger partial charge in [0.05, 0.1) is 32.5 Å². The number of rotatable bonds is 6.